The van der Waals surface area contributed by atoms with Gasteiger partial charge in [0.1, 0.15) is 0 Å². The third-order valence-corrected chi connectivity index (χ3v) is 4.54. The van der Waals surface area contributed by atoms with Crippen LogP contribution in [0.1, 0.15) is 30.7 Å². The molecule has 4 rings (SSSR count). The lowest BCUT2D eigenvalue weighted by Gasteiger charge is -2.16. The SMILES string of the molecule is Cl.Nc1cccc2c1-c1ccccc1C(CC1CC1)C(=O)N2. The molecule has 0 spiro atoms. The van der Waals surface area contributed by atoms with Crippen LogP contribution in [-0.2, 0) is 4.79 Å². The Kier molecular flexibility index (Phi) is 3.83. The topological polar surface area (TPSA) is 55.1 Å². The van der Waals surface area contributed by atoms with Gasteiger partial charge in [0.25, 0.3) is 0 Å². The number of fused-ring (bicyclic) bond motifs is 3. The average molecular weight is 315 g/mol. The monoisotopic (exact) mass is 314 g/mol. The Labute approximate surface area is 136 Å². The normalized spacial score (nSPS) is 19.3. The fraction of sp³-hybridized carbons (Fsp3) is 0.278. The number of hydrogen-bond donors (Lipinski definition) is 2. The maximum atomic E-state index is 12.7. The second-order valence-corrected chi connectivity index (χ2v) is 6.08. The molecule has 2 aromatic rings. The van der Waals surface area contributed by atoms with Gasteiger partial charge < -0.3 is 11.1 Å². The number of nitrogen functional groups attached to an aromatic ring is 1. The van der Waals surface area contributed by atoms with Crippen molar-refractivity contribution in [3.05, 3.63) is 48.0 Å². The molecular weight excluding hydrogens is 296 g/mol. The first kappa shape index (κ1) is 14.9. The highest BCUT2D eigenvalue weighted by atomic mass is 35.5. The van der Waals surface area contributed by atoms with Gasteiger partial charge in [0.05, 0.1) is 11.6 Å². The summed E-state index contributed by atoms with van der Waals surface area (Å²) in [6, 6.07) is 13.9. The summed E-state index contributed by atoms with van der Waals surface area (Å²) in [5, 5.41) is 3.07. The van der Waals surface area contributed by atoms with Gasteiger partial charge in [-0.2, -0.15) is 0 Å². The fourth-order valence-electron chi connectivity index (χ4n) is 3.29. The molecule has 0 saturated heterocycles. The van der Waals surface area contributed by atoms with Gasteiger partial charge in [-0.05, 0) is 35.6 Å². The van der Waals surface area contributed by atoms with Crippen LogP contribution < -0.4 is 11.1 Å². The summed E-state index contributed by atoms with van der Waals surface area (Å²) >= 11 is 0. The molecule has 1 fully saturated rings. The highest BCUT2D eigenvalue weighted by Crippen LogP contribution is 2.46. The summed E-state index contributed by atoms with van der Waals surface area (Å²) in [7, 11) is 0. The predicted octanol–water partition coefficient (Wildman–Crippen LogP) is 4.19. The number of nitrogens with two attached hydrogens (primary N) is 1. The van der Waals surface area contributed by atoms with Gasteiger partial charge in [0.2, 0.25) is 5.91 Å². The molecule has 1 unspecified atom stereocenters. The Bertz CT molecular complexity index is 725. The Morgan fingerprint density at radius 1 is 1.09 bits per heavy atom. The number of rotatable bonds is 2. The number of carbonyl (C=O) groups is 1. The zero-order valence-corrected chi connectivity index (χ0v) is 13.0. The molecule has 114 valence electrons. The first-order valence-electron chi connectivity index (χ1n) is 7.52. The van der Waals surface area contributed by atoms with E-state index in [0.717, 1.165) is 28.8 Å². The minimum atomic E-state index is -0.0690. The summed E-state index contributed by atoms with van der Waals surface area (Å²) < 4.78 is 0. The predicted molar refractivity (Wildman–Crippen MR) is 92.3 cm³/mol. The maximum Gasteiger partial charge on any atom is 0.231 e. The number of benzene rings is 2. The zero-order valence-electron chi connectivity index (χ0n) is 12.2. The second-order valence-electron chi connectivity index (χ2n) is 6.08. The first-order valence-corrected chi connectivity index (χ1v) is 7.52. The largest absolute Gasteiger partial charge is 0.398 e. The van der Waals surface area contributed by atoms with Gasteiger partial charge in [0.15, 0.2) is 0 Å². The van der Waals surface area contributed by atoms with Gasteiger partial charge >= 0.3 is 0 Å². The molecule has 3 N–H and O–H groups in total. The Morgan fingerprint density at radius 3 is 2.64 bits per heavy atom. The number of anilines is 2. The fourth-order valence-corrected chi connectivity index (χ4v) is 3.29. The van der Waals surface area contributed by atoms with Crippen LogP contribution in [-0.4, -0.2) is 5.91 Å². The number of hydrogen-bond acceptors (Lipinski definition) is 2. The molecular formula is C18H19ClN2O. The summed E-state index contributed by atoms with van der Waals surface area (Å²) in [6.45, 7) is 0. The lowest BCUT2D eigenvalue weighted by atomic mass is 9.87. The standard InChI is InChI=1S/C18H18N2O.ClH/c19-15-6-3-7-16-17(15)13-5-2-1-4-12(13)14(18(21)20-16)10-11-8-9-11;/h1-7,11,14H,8-10,19H2,(H,20,21);1H. The molecule has 1 amide bonds. The van der Waals surface area contributed by atoms with Gasteiger partial charge in [-0.15, -0.1) is 12.4 Å². The molecule has 2 aromatic carbocycles. The van der Waals surface area contributed by atoms with E-state index < -0.39 is 0 Å². The Morgan fingerprint density at radius 2 is 1.86 bits per heavy atom. The number of nitrogens with one attached hydrogen (secondary N) is 1. The van der Waals surface area contributed by atoms with E-state index in [1.165, 1.54) is 12.8 Å². The van der Waals surface area contributed by atoms with Gasteiger partial charge in [-0.3, -0.25) is 4.79 Å². The summed E-state index contributed by atoms with van der Waals surface area (Å²) in [4.78, 5) is 12.7. The molecule has 1 aliphatic carbocycles. The summed E-state index contributed by atoms with van der Waals surface area (Å²) in [6.07, 6.45) is 3.44. The van der Waals surface area contributed by atoms with E-state index in [-0.39, 0.29) is 24.2 Å². The first-order chi connectivity index (χ1) is 10.2. The van der Waals surface area contributed by atoms with E-state index in [0.29, 0.717) is 11.6 Å². The quantitative estimate of drug-likeness (QED) is 0.816. The maximum absolute atomic E-state index is 12.7. The van der Waals surface area contributed by atoms with Crippen molar-refractivity contribution in [2.45, 2.75) is 25.2 Å². The molecule has 3 nitrogen and oxygen atoms in total. The van der Waals surface area contributed by atoms with Crippen LogP contribution >= 0.6 is 12.4 Å². The van der Waals surface area contributed by atoms with Crippen LogP contribution in [0, 0.1) is 5.92 Å². The zero-order chi connectivity index (χ0) is 14.4. The number of halogens is 1. The minimum absolute atomic E-state index is 0. The van der Waals surface area contributed by atoms with Crippen LogP contribution in [0.15, 0.2) is 42.5 Å². The third-order valence-electron chi connectivity index (χ3n) is 4.54. The van der Waals surface area contributed by atoms with E-state index in [2.05, 4.69) is 17.4 Å². The van der Waals surface area contributed by atoms with E-state index in [9.17, 15) is 4.79 Å². The second kappa shape index (κ2) is 5.65. The van der Waals surface area contributed by atoms with Crippen molar-refractivity contribution in [3.63, 3.8) is 0 Å². The van der Waals surface area contributed by atoms with Gasteiger partial charge in [-0.1, -0.05) is 43.2 Å². The molecule has 1 atom stereocenters. The smallest absolute Gasteiger partial charge is 0.231 e. The van der Waals surface area contributed by atoms with E-state index in [1.54, 1.807) is 0 Å². The lowest BCUT2D eigenvalue weighted by Crippen LogP contribution is -2.20. The van der Waals surface area contributed by atoms with Crippen molar-refractivity contribution >= 4 is 29.7 Å². The number of carbonyl (C=O) groups excluding carboxylic acids is 1. The van der Waals surface area contributed by atoms with Crippen molar-refractivity contribution in [2.24, 2.45) is 5.92 Å². The van der Waals surface area contributed by atoms with Crippen LogP contribution in [0.25, 0.3) is 11.1 Å². The van der Waals surface area contributed by atoms with Crippen LogP contribution in [0.4, 0.5) is 11.4 Å². The molecule has 1 saturated carbocycles. The van der Waals surface area contributed by atoms with Crippen molar-refractivity contribution in [1.82, 2.24) is 0 Å². The van der Waals surface area contributed by atoms with Gasteiger partial charge in [-0.25, -0.2) is 0 Å². The van der Waals surface area contributed by atoms with E-state index in [1.807, 2.05) is 30.3 Å². The highest BCUT2D eigenvalue weighted by Gasteiger charge is 2.34. The molecule has 22 heavy (non-hydrogen) atoms. The summed E-state index contributed by atoms with van der Waals surface area (Å²) in [5.74, 6) is 0.728. The van der Waals surface area contributed by atoms with Gasteiger partial charge in [0, 0.05) is 11.3 Å². The molecule has 0 radical (unpaired) electrons. The lowest BCUT2D eigenvalue weighted by molar-refractivity contribution is -0.117. The average Bonchev–Trinajstić information content (AvgIpc) is 3.29. The van der Waals surface area contributed by atoms with Crippen molar-refractivity contribution in [3.8, 4) is 11.1 Å². The molecule has 4 heteroatoms. The van der Waals surface area contributed by atoms with E-state index >= 15 is 0 Å². The molecule has 2 aliphatic rings. The highest BCUT2D eigenvalue weighted by molar-refractivity contribution is 6.05. The summed E-state index contributed by atoms with van der Waals surface area (Å²) in [5.41, 5.74) is 10.9. The van der Waals surface area contributed by atoms with Crippen LogP contribution in [0.5, 0.6) is 0 Å². The Hall–Kier alpha value is -2.00. The van der Waals surface area contributed by atoms with Crippen LogP contribution in [0.3, 0.4) is 0 Å². The van der Waals surface area contributed by atoms with Crippen LogP contribution in [0.2, 0.25) is 0 Å². The molecule has 0 aromatic heterocycles. The number of amides is 1. The minimum Gasteiger partial charge on any atom is -0.398 e. The van der Waals surface area contributed by atoms with E-state index in [4.69, 9.17) is 5.73 Å². The van der Waals surface area contributed by atoms with Crippen molar-refractivity contribution in [2.75, 3.05) is 11.1 Å². The van der Waals surface area contributed by atoms with Crippen molar-refractivity contribution < 1.29 is 4.79 Å². The Balaban J connectivity index is 0.00000144. The third kappa shape index (κ3) is 2.46. The van der Waals surface area contributed by atoms with Crippen molar-refractivity contribution in [1.29, 1.82) is 0 Å². The molecule has 0 bridgehead atoms. The molecule has 1 aliphatic heterocycles. The molecule has 1 heterocycles.